The molecule has 0 radical (unpaired) electrons. The zero-order chi connectivity index (χ0) is 11.8. The van der Waals surface area contributed by atoms with Crippen molar-refractivity contribution in [3.8, 4) is 5.75 Å². The molecule has 2 N–H and O–H groups in total. The molecule has 0 aliphatic carbocycles. The number of hydrogen-bond acceptors (Lipinski definition) is 2. The molecule has 1 aromatic rings. The van der Waals surface area contributed by atoms with E-state index in [0.717, 1.165) is 28.8 Å². The highest BCUT2D eigenvalue weighted by Crippen LogP contribution is 2.23. The van der Waals surface area contributed by atoms with Crippen molar-refractivity contribution in [2.75, 3.05) is 6.61 Å². The summed E-state index contributed by atoms with van der Waals surface area (Å²) in [7, 11) is 0. The van der Waals surface area contributed by atoms with Crippen molar-refractivity contribution in [1.29, 1.82) is 0 Å². The minimum absolute atomic E-state index is 0.518. The van der Waals surface area contributed by atoms with E-state index >= 15 is 0 Å². The maximum atomic E-state index is 5.73. The summed E-state index contributed by atoms with van der Waals surface area (Å²) in [5.41, 5.74) is 6.73. The fraction of sp³-hybridized carbons (Fsp3) is 0.538. The maximum Gasteiger partial charge on any atom is 0.123 e. The Hall–Kier alpha value is -0.540. The van der Waals surface area contributed by atoms with Gasteiger partial charge in [-0.15, -0.1) is 0 Å². The highest BCUT2D eigenvalue weighted by Gasteiger charge is 2.02. The van der Waals surface area contributed by atoms with Crippen LogP contribution in [0.2, 0.25) is 0 Å². The van der Waals surface area contributed by atoms with Crippen LogP contribution in [-0.2, 0) is 6.54 Å². The van der Waals surface area contributed by atoms with Crippen molar-refractivity contribution in [3.05, 3.63) is 28.2 Å². The molecule has 3 heteroatoms. The molecule has 1 rings (SSSR count). The number of rotatable bonds is 7. The third-order valence-electron chi connectivity index (χ3n) is 2.50. The van der Waals surface area contributed by atoms with Gasteiger partial charge in [0.15, 0.2) is 0 Å². The van der Waals surface area contributed by atoms with Crippen LogP contribution in [0.4, 0.5) is 0 Å². The van der Waals surface area contributed by atoms with E-state index in [1.165, 1.54) is 19.3 Å². The van der Waals surface area contributed by atoms with Crippen molar-refractivity contribution in [2.24, 2.45) is 5.73 Å². The minimum Gasteiger partial charge on any atom is -0.493 e. The molecule has 0 aliphatic rings. The Morgan fingerprint density at radius 1 is 1.25 bits per heavy atom. The molecule has 1 aromatic carbocycles. The molecule has 2 nitrogen and oxygen atoms in total. The van der Waals surface area contributed by atoms with Crippen LogP contribution in [0.25, 0.3) is 0 Å². The van der Waals surface area contributed by atoms with E-state index < -0.39 is 0 Å². The van der Waals surface area contributed by atoms with Gasteiger partial charge in [-0.1, -0.05) is 42.1 Å². The van der Waals surface area contributed by atoms with Gasteiger partial charge in [-0.3, -0.25) is 0 Å². The predicted molar refractivity (Wildman–Crippen MR) is 71.7 cm³/mol. The molecule has 0 unspecified atom stereocenters. The Kier molecular flexibility index (Phi) is 6.50. The first-order chi connectivity index (χ1) is 7.77. The third-order valence-corrected chi connectivity index (χ3v) is 2.99. The van der Waals surface area contributed by atoms with Gasteiger partial charge in [-0.25, -0.2) is 0 Å². The molecular formula is C13H20BrNO. The van der Waals surface area contributed by atoms with E-state index in [9.17, 15) is 0 Å². The van der Waals surface area contributed by atoms with Crippen molar-refractivity contribution >= 4 is 15.9 Å². The molecule has 0 saturated carbocycles. The monoisotopic (exact) mass is 285 g/mol. The average Bonchev–Trinajstić information content (AvgIpc) is 2.30. The Morgan fingerprint density at radius 2 is 2.06 bits per heavy atom. The fourth-order valence-corrected chi connectivity index (χ4v) is 1.97. The Balaban J connectivity index is 2.41. The van der Waals surface area contributed by atoms with Crippen LogP contribution in [0.3, 0.4) is 0 Å². The fourth-order valence-electron chi connectivity index (χ4n) is 1.56. The summed E-state index contributed by atoms with van der Waals surface area (Å²) in [4.78, 5) is 0. The first kappa shape index (κ1) is 13.5. The summed E-state index contributed by atoms with van der Waals surface area (Å²) in [5.74, 6) is 0.919. The summed E-state index contributed by atoms with van der Waals surface area (Å²) < 4.78 is 6.78. The van der Waals surface area contributed by atoms with Crippen molar-refractivity contribution < 1.29 is 4.74 Å². The molecule has 0 bridgehead atoms. The highest BCUT2D eigenvalue weighted by molar-refractivity contribution is 9.10. The lowest BCUT2D eigenvalue weighted by atomic mass is 10.2. The van der Waals surface area contributed by atoms with Crippen LogP contribution in [0, 0.1) is 0 Å². The van der Waals surface area contributed by atoms with Crippen LogP contribution in [0.15, 0.2) is 22.7 Å². The van der Waals surface area contributed by atoms with E-state index in [1.54, 1.807) is 0 Å². The second-order valence-corrected chi connectivity index (χ2v) is 4.78. The zero-order valence-corrected chi connectivity index (χ0v) is 11.4. The summed E-state index contributed by atoms with van der Waals surface area (Å²) >= 11 is 3.43. The summed E-state index contributed by atoms with van der Waals surface area (Å²) in [6, 6.07) is 5.98. The molecule has 0 atom stereocenters. The van der Waals surface area contributed by atoms with Crippen LogP contribution >= 0.6 is 15.9 Å². The Labute approximate surface area is 106 Å². The van der Waals surface area contributed by atoms with Gasteiger partial charge < -0.3 is 10.5 Å². The van der Waals surface area contributed by atoms with E-state index in [4.69, 9.17) is 10.5 Å². The smallest absolute Gasteiger partial charge is 0.123 e. The first-order valence-electron chi connectivity index (χ1n) is 5.89. The average molecular weight is 286 g/mol. The number of benzene rings is 1. The van der Waals surface area contributed by atoms with E-state index in [-0.39, 0.29) is 0 Å². The summed E-state index contributed by atoms with van der Waals surface area (Å²) in [6.07, 6.45) is 4.90. The summed E-state index contributed by atoms with van der Waals surface area (Å²) in [5, 5.41) is 0. The third kappa shape index (κ3) is 4.54. The van der Waals surface area contributed by atoms with E-state index in [2.05, 4.69) is 22.9 Å². The number of ether oxygens (including phenoxy) is 1. The van der Waals surface area contributed by atoms with Crippen molar-refractivity contribution in [1.82, 2.24) is 0 Å². The lowest BCUT2D eigenvalue weighted by Crippen LogP contribution is -2.03. The Morgan fingerprint density at radius 3 is 2.75 bits per heavy atom. The highest BCUT2D eigenvalue weighted by atomic mass is 79.9. The maximum absolute atomic E-state index is 5.73. The van der Waals surface area contributed by atoms with Crippen molar-refractivity contribution in [3.63, 3.8) is 0 Å². The number of nitrogens with two attached hydrogens (primary N) is 1. The molecule has 0 aliphatic heterocycles. The molecule has 0 amide bonds. The minimum atomic E-state index is 0.518. The van der Waals surface area contributed by atoms with Crippen molar-refractivity contribution in [2.45, 2.75) is 39.2 Å². The van der Waals surface area contributed by atoms with Gasteiger partial charge in [0.05, 0.1) is 6.61 Å². The molecule has 0 heterocycles. The normalized spacial score (nSPS) is 10.4. The molecule has 90 valence electrons. The SMILES string of the molecule is CCCCCCOc1ccc(Br)cc1CN. The second kappa shape index (κ2) is 7.69. The molecule has 0 aromatic heterocycles. The quantitative estimate of drug-likeness (QED) is 0.772. The standard InChI is InChI=1S/C13H20BrNO/c1-2-3-4-5-8-16-13-7-6-12(14)9-11(13)10-15/h6-7,9H,2-5,8,10,15H2,1H3. The van der Waals surface area contributed by atoms with Gasteiger partial charge in [0.1, 0.15) is 5.75 Å². The number of hydrogen-bond donors (Lipinski definition) is 1. The van der Waals surface area contributed by atoms with Gasteiger partial charge in [0.25, 0.3) is 0 Å². The molecule has 0 spiro atoms. The molecular weight excluding hydrogens is 266 g/mol. The van der Waals surface area contributed by atoms with Crippen LogP contribution in [0.5, 0.6) is 5.75 Å². The van der Waals surface area contributed by atoms with Crippen LogP contribution < -0.4 is 10.5 Å². The predicted octanol–water partition coefficient (Wildman–Crippen LogP) is 3.87. The Bertz CT molecular complexity index is 315. The van der Waals surface area contributed by atoms with Gasteiger partial charge in [-0.05, 0) is 24.6 Å². The van der Waals surface area contributed by atoms with Crippen LogP contribution in [0.1, 0.15) is 38.2 Å². The zero-order valence-electron chi connectivity index (χ0n) is 9.84. The molecule has 0 saturated heterocycles. The first-order valence-corrected chi connectivity index (χ1v) is 6.68. The molecule has 16 heavy (non-hydrogen) atoms. The number of unbranched alkanes of at least 4 members (excludes halogenated alkanes) is 3. The van der Waals surface area contributed by atoms with Gasteiger partial charge in [-0.2, -0.15) is 0 Å². The van der Waals surface area contributed by atoms with Gasteiger partial charge in [0, 0.05) is 16.6 Å². The lowest BCUT2D eigenvalue weighted by Gasteiger charge is -2.10. The van der Waals surface area contributed by atoms with Crippen LogP contribution in [-0.4, -0.2) is 6.61 Å². The molecule has 0 fully saturated rings. The van der Waals surface area contributed by atoms with E-state index in [1.807, 2.05) is 18.2 Å². The summed E-state index contributed by atoms with van der Waals surface area (Å²) in [6.45, 7) is 3.51. The largest absolute Gasteiger partial charge is 0.493 e. The van der Waals surface area contributed by atoms with Gasteiger partial charge in [0.2, 0.25) is 0 Å². The second-order valence-electron chi connectivity index (χ2n) is 3.87. The lowest BCUT2D eigenvalue weighted by molar-refractivity contribution is 0.302. The van der Waals surface area contributed by atoms with E-state index in [0.29, 0.717) is 6.54 Å². The van der Waals surface area contributed by atoms with Gasteiger partial charge >= 0.3 is 0 Å². The number of halogens is 1. The topological polar surface area (TPSA) is 35.2 Å².